The van der Waals surface area contributed by atoms with Crippen molar-refractivity contribution in [3.63, 3.8) is 0 Å². The molecule has 1 aliphatic rings. The van der Waals surface area contributed by atoms with Gasteiger partial charge in [0.15, 0.2) is 0 Å². The van der Waals surface area contributed by atoms with Gasteiger partial charge in [-0.25, -0.2) is 0 Å². The smallest absolute Gasteiger partial charge is 0.247 e. The molecule has 1 aliphatic heterocycles. The number of hydrogen-bond donors (Lipinski definition) is 2. The van der Waals surface area contributed by atoms with Crippen molar-refractivity contribution in [2.45, 2.75) is 0 Å². The van der Waals surface area contributed by atoms with Crippen LogP contribution in [0.25, 0.3) is 0 Å². The standard InChI is InChI=1S/C9H7BrN2O2/c10-5-1-2-7(13)6(3-5)9-11-4-8(14)12-9/h1-3,13H,4H2,(H,11,12,14). The molecule has 0 aromatic heterocycles. The minimum Gasteiger partial charge on any atom is -0.507 e. The molecule has 0 spiro atoms. The van der Waals surface area contributed by atoms with Crippen molar-refractivity contribution in [1.82, 2.24) is 5.32 Å². The number of carbonyl (C=O) groups is 1. The molecule has 0 saturated carbocycles. The largest absolute Gasteiger partial charge is 0.507 e. The van der Waals surface area contributed by atoms with Crippen LogP contribution in [0.1, 0.15) is 5.56 Å². The summed E-state index contributed by atoms with van der Waals surface area (Å²) in [6, 6.07) is 4.97. The Morgan fingerprint density at radius 1 is 1.50 bits per heavy atom. The Hall–Kier alpha value is -1.36. The van der Waals surface area contributed by atoms with E-state index in [1.54, 1.807) is 18.2 Å². The number of hydrogen-bond acceptors (Lipinski definition) is 3. The molecule has 0 aliphatic carbocycles. The number of nitrogens with one attached hydrogen (secondary N) is 1. The number of phenols is 1. The summed E-state index contributed by atoms with van der Waals surface area (Å²) >= 11 is 3.28. The van der Waals surface area contributed by atoms with Gasteiger partial charge in [0.1, 0.15) is 18.1 Å². The zero-order chi connectivity index (χ0) is 10.1. The number of rotatable bonds is 1. The molecule has 0 atom stereocenters. The van der Waals surface area contributed by atoms with Gasteiger partial charge in [-0.05, 0) is 18.2 Å². The molecule has 1 amide bonds. The third kappa shape index (κ3) is 1.63. The second-order valence-electron chi connectivity index (χ2n) is 2.87. The van der Waals surface area contributed by atoms with Gasteiger partial charge in [-0.2, -0.15) is 0 Å². The maximum atomic E-state index is 10.9. The SMILES string of the molecule is O=C1CN=C(c2cc(Br)ccc2O)N1. The molecule has 0 bridgehead atoms. The molecule has 0 saturated heterocycles. The highest BCUT2D eigenvalue weighted by Gasteiger charge is 2.17. The molecule has 0 unspecified atom stereocenters. The summed E-state index contributed by atoms with van der Waals surface area (Å²) in [5.74, 6) is 0.377. The molecule has 1 aromatic rings. The van der Waals surface area contributed by atoms with Crippen molar-refractivity contribution in [2.75, 3.05) is 6.54 Å². The normalized spacial score (nSPS) is 15.2. The second-order valence-corrected chi connectivity index (χ2v) is 3.79. The molecule has 14 heavy (non-hydrogen) atoms. The summed E-state index contributed by atoms with van der Waals surface area (Å²) in [5, 5.41) is 12.1. The molecule has 2 N–H and O–H groups in total. The average Bonchev–Trinajstić information content (AvgIpc) is 2.56. The lowest BCUT2D eigenvalue weighted by atomic mass is 10.2. The molecule has 72 valence electrons. The first-order valence-electron chi connectivity index (χ1n) is 4.00. The molecular weight excluding hydrogens is 248 g/mol. The minimum absolute atomic E-state index is 0.106. The zero-order valence-corrected chi connectivity index (χ0v) is 8.71. The first kappa shape index (κ1) is 9.21. The number of amidine groups is 1. The van der Waals surface area contributed by atoms with E-state index in [-0.39, 0.29) is 18.2 Å². The quantitative estimate of drug-likeness (QED) is 0.787. The lowest BCUT2D eigenvalue weighted by Gasteiger charge is -2.04. The van der Waals surface area contributed by atoms with Crippen molar-refractivity contribution in [3.8, 4) is 5.75 Å². The number of aromatic hydroxyl groups is 1. The Morgan fingerprint density at radius 3 is 2.93 bits per heavy atom. The highest BCUT2D eigenvalue weighted by atomic mass is 79.9. The van der Waals surface area contributed by atoms with Crippen LogP contribution in [-0.2, 0) is 4.79 Å². The van der Waals surface area contributed by atoms with Crippen LogP contribution in [0.2, 0.25) is 0 Å². The summed E-state index contributed by atoms with van der Waals surface area (Å²) in [7, 11) is 0. The Morgan fingerprint density at radius 2 is 2.29 bits per heavy atom. The molecule has 1 aromatic carbocycles. The molecule has 0 radical (unpaired) electrons. The topological polar surface area (TPSA) is 61.7 Å². The van der Waals surface area contributed by atoms with Gasteiger partial charge in [-0.15, -0.1) is 0 Å². The lowest BCUT2D eigenvalue weighted by Crippen LogP contribution is -2.25. The minimum atomic E-state index is -0.153. The van der Waals surface area contributed by atoms with Gasteiger partial charge in [0.25, 0.3) is 0 Å². The third-order valence-electron chi connectivity index (χ3n) is 1.85. The predicted octanol–water partition coefficient (Wildman–Crippen LogP) is 1.03. The molecule has 1 heterocycles. The Balaban J connectivity index is 2.41. The van der Waals surface area contributed by atoms with Crippen molar-refractivity contribution in [2.24, 2.45) is 4.99 Å². The van der Waals surface area contributed by atoms with E-state index in [1.165, 1.54) is 0 Å². The maximum absolute atomic E-state index is 10.9. The summed E-state index contributed by atoms with van der Waals surface area (Å²) in [4.78, 5) is 14.9. The molecule has 5 heteroatoms. The summed E-state index contributed by atoms with van der Waals surface area (Å²) in [6.07, 6.45) is 0. The average molecular weight is 255 g/mol. The summed E-state index contributed by atoms with van der Waals surface area (Å²) < 4.78 is 0.828. The third-order valence-corrected chi connectivity index (χ3v) is 2.35. The van der Waals surface area contributed by atoms with Crippen molar-refractivity contribution in [3.05, 3.63) is 28.2 Å². The monoisotopic (exact) mass is 254 g/mol. The van der Waals surface area contributed by atoms with Crippen molar-refractivity contribution < 1.29 is 9.90 Å². The Labute approximate surface area is 88.8 Å². The van der Waals surface area contributed by atoms with Crippen LogP contribution in [0.4, 0.5) is 0 Å². The number of benzene rings is 1. The molecule has 4 nitrogen and oxygen atoms in total. The van der Waals surface area contributed by atoms with Gasteiger partial charge < -0.3 is 10.4 Å². The number of amides is 1. The van der Waals surface area contributed by atoms with Crippen LogP contribution in [0.5, 0.6) is 5.75 Å². The highest BCUT2D eigenvalue weighted by molar-refractivity contribution is 9.10. The van der Waals surface area contributed by atoms with Crippen molar-refractivity contribution in [1.29, 1.82) is 0 Å². The fraction of sp³-hybridized carbons (Fsp3) is 0.111. The fourth-order valence-corrected chi connectivity index (χ4v) is 1.57. The maximum Gasteiger partial charge on any atom is 0.247 e. The fourth-order valence-electron chi connectivity index (χ4n) is 1.21. The molecular formula is C9H7BrN2O2. The first-order valence-corrected chi connectivity index (χ1v) is 4.79. The molecule has 0 fully saturated rings. The second kappa shape index (κ2) is 3.42. The van der Waals surface area contributed by atoms with E-state index in [2.05, 4.69) is 26.2 Å². The first-order chi connectivity index (χ1) is 6.66. The number of halogens is 1. The number of carbonyl (C=O) groups excluding carboxylic acids is 1. The van der Waals surface area contributed by atoms with Crippen LogP contribution in [0.15, 0.2) is 27.7 Å². The lowest BCUT2D eigenvalue weighted by molar-refractivity contribution is -0.117. The van der Waals surface area contributed by atoms with Gasteiger partial charge >= 0.3 is 0 Å². The number of aliphatic imine (C=N–C) groups is 1. The predicted molar refractivity (Wildman–Crippen MR) is 55.4 cm³/mol. The van der Waals surface area contributed by atoms with Gasteiger partial charge in [-0.3, -0.25) is 9.79 Å². The summed E-state index contributed by atoms with van der Waals surface area (Å²) in [5.41, 5.74) is 0.533. The van der Waals surface area contributed by atoms with Gasteiger partial charge in [0.2, 0.25) is 5.91 Å². The van der Waals surface area contributed by atoms with Gasteiger partial charge in [-0.1, -0.05) is 15.9 Å². The van der Waals surface area contributed by atoms with Crippen LogP contribution >= 0.6 is 15.9 Å². The Kier molecular flexibility index (Phi) is 2.25. The van der Waals surface area contributed by atoms with E-state index in [4.69, 9.17) is 0 Å². The van der Waals surface area contributed by atoms with Crippen LogP contribution in [-0.4, -0.2) is 23.4 Å². The van der Waals surface area contributed by atoms with E-state index in [1.807, 2.05) is 0 Å². The number of phenolic OH excluding ortho intramolecular Hbond substituents is 1. The van der Waals surface area contributed by atoms with E-state index in [9.17, 15) is 9.90 Å². The van der Waals surface area contributed by atoms with E-state index in [0.29, 0.717) is 11.4 Å². The van der Waals surface area contributed by atoms with Crippen LogP contribution in [0, 0.1) is 0 Å². The zero-order valence-electron chi connectivity index (χ0n) is 7.12. The van der Waals surface area contributed by atoms with E-state index >= 15 is 0 Å². The van der Waals surface area contributed by atoms with E-state index in [0.717, 1.165) is 4.47 Å². The van der Waals surface area contributed by atoms with Crippen LogP contribution < -0.4 is 5.32 Å². The van der Waals surface area contributed by atoms with Crippen molar-refractivity contribution >= 4 is 27.7 Å². The number of nitrogens with zero attached hydrogens (tertiary/aromatic N) is 1. The van der Waals surface area contributed by atoms with Gasteiger partial charge in [0, 0.05) is 4.47 Å². The van der Waals surface area contributed by atoms with Crippen LogP contribution in [0.3, 0.4) is 0 Å². The van der Waals surface area contributed by atoms with Gasteiger partial charge in [0.05, 0.1) is 5.56 Å². The Bertz CT molecular complexity index is 429. The molecule has 2 rings (SSSR count). The van der Waals surface area contributed by atoms with E-state index < -0.39 is 0 Å². The summed E-state index contributed by atoms with van der Waals surface area (Å²) in [6.45, 7) is 0.126. The highest BCUT2D eigenvalue weighted by Crippen LogP contribution is 2.22.